The van der Waals surface area contributed by atoms with Crippen LogP contribution in [0.15, 0.2) is 24.3 Å². The second kappa shape index (κ2) is 6.02. The third-order valence-corrected chi connectivity index (χ3v) is 3.20. The van der Waals surface area contributed by atoms with Gasteiger partial charge in [0, 0.05) is 18.7 Å². The van der Waals surface area contributed by atoms with Crippen molar-refractivity contribution in [3.8, 4) is 0 Å². The zero-order chi connectivity index (χ0) is 12.1. The molecule has 0 amide bonds. The van der Waals surface area contributed by atoms with Gasteiger partial charge in [0.2, 0.25) is 0 Å². The van der Waals surface area contributed by atoms with Gasteiger partial charge in [-0.2, -0.15) is 0 Å². The first-order valence-electron chi connectivity index (χ1n) is 5.98. The topological polar surface area (TPSA) is 32.3 Å². The molecule has 16 heavy (non-hydrogen) atoms. The second-order valence-electron chi connectivity index (χ2n) is 4.75. The lowest BCUT2D eigenvalue weighted by Gasteiger charge is -2.24. The Morgan fingerprint density at radius 1 is 1.25 bits per heavy atom. The van der Waals surface area contributed by atoms with Gasteiger partial charge >= 0.3 is 0 Å². The largest absolute Gasteiger partial charge is 0.396 e. The van der Waals surface area contributed by atoms with Crippen LogP contribution in [-0.4, -0.2) is 17.8 Å². The van der Waals surface area contributed by atoms with Crippen LogP contribution in [0.5, 0.6) is 0 Å². The van der Waals surface area contributed by atoms with Crippen molar-refractivity contribution in [3.63, 3.8) is 0 Å². The summed E-state index contributed by atoms with van der Waals surface area (Å²) in [6.45, 7) is 8.67. The van der Waals surface area contributed by atoms with Gasteiger partial charge in [-0.15, -0.1) is 0 Å². The van der Waals surface area contributed by atoms with Crippen LogP contribution in [0.2, 0.25) is 0 Å². The molecule has 0 saturated carbocycles. The van der Waals surface area contributed by atoms with Gasteiger partial charge in [0.15, 0.2) is 0 Å². The molecular formula is C14H23NO. The van der Waals surface area contributed by atoms with Crippen LogP contribution in [0.25, 0.3) is 0 Å². The van der Waals surface area contributed by atoms with E-state index in [2.05, 4.69) is 57.3 Å². The van der Waals surface area contributed by atoms with Gasteiger partial charge in [-0.05, 0) is 32.3 Å². The van der Waals surface area contributed by atoms with Gasteiger partial charge in [0.05, 0.1) is 0 Å². The smallest absolute Gasteiger partial charge is 0.0471 e. The van der Waals surface area contributed by atoms with Crippen LogP contribution >= 0.6 is 0 Å². The van der Waals surface area contributed by atoms with E-state index in [0.717, 1.165) is 0 Å². The van der Waals surface area contributed by atoms with Gasteiger partial charge in [0.25, 0.3) is 0 Å². The van der Waals surface area contributed by atoms with Crippen molar-refractivity contribution in [1.29, 1.82) is 0 Å². The van der Waals surface area contributed by atoms with Crippen molar-refractivity contribution >= 4 is 0 Å². The van der Waals surface area contributed by atoms with E-state index in [0.29, 0.717) is 12.1 Å². The van der Waals surface area contributed by atoms with Gasteiger partial charge in [-0.25, -0.2) is 0 Å². The number of aryl methyl sites for hydroxylation is 1. The molecule has 3 atom stereocenters. The maximum atomic E-state index is 9.09. The lowest BCUT2D eigenvalue weighted by Crippen LogP contribution is -2.35. The maximum absolute atomic E-state index is 9.09. The van der Waals surface area contributed by atoms with Crippen LogP contribution in [0.4, 0.5) is 0 Å². The van der Waals surface area contributed by atoms with Crippen molar-refractivity contribution in [2.45, 2.75) is 39.8 Å². The van der Waals surface area contributed by atoms with Crippen LogP contribution in [0.3, 0.4) is 0 Å². The molecule has 1 rings (SSSR count). The Morgan fingerprint density at radius 3 is 2.50 bits per heavy atom. The molecule has 0 aromatic heterocycles. The predicted molar refractivity (Wildman–Crippen MR) is 68.4 cm³/mol. The summed E-state index contributed by atoms with van der Waals surface area (Å²) in [5.74, 6) is 0.284. The summed E-state index contributed by atoms with van der Waals surface area (Å²) < 4.78 is 0. The molecule has 0 radical (unpaired) electrons. The highest BCUT2D eigenvalue weighted by Crippen LogP contribution is 2.16. The zero-order valence-electron chi connectivity index (χ0n) is 10.7. The van der Waals surface area contributed by atoms with E-state index in [1.165, 1.54) is 11.1 Å². The highest BCUT2D eigenvalue weighted by atomic mass is 16.3. The third-order valence-electron chi connectivity index (χ3n) is 3.20. The van der Waals surface area contributed by atoms with E-state index in [1.54, 1.807) is 0 Å². The second-order valence-corrected chi connectivity index (χ2v) is 4.75. The summed E-state index contributed by atoms with van der Waals surface area (Å²) in [6.07, 6.45) is 0. The lowest BCUT2D eigenvalue weighted by atomic mass is 10.0. The average molecular weight is 221 g/mol. The molecule has 0 saturated heterocycles. The number of hydrogen-bond donors (Lipinski definition) is 2. The summed E-state index contributed by atoms with van der Waals surface area (Å²) in [5.41, 5.74) is 2.59. The maximum Gasteiger partial charge on any atom is 0.0471 e. The van der Waals surface area contributed by atoms with Crippen LogP contribution in [-0.2, 0) is 0 Å². The molecule has 0 spiro atoms. The summed E-state index contributed by atoms with van der Waals surface area (Å²) in [6, 6.07) is 9.18. The molecule has 2 nitrogen and oxygen atoms in total. The summed E-state index contributed by atoms with van der Waals surface area (Å²) in [7, 11) is 0. The summed E-state index contributed by atoms with van der Waals surface area (Å²) in [5, 5.41) is 12.6. The monoisotopic (exact) mass is 221 g/mol. The normalized spacial score (nSPS) is 16.8. The van der Waals surface area contributed by atoms with E-state index in [9.17, 15) is 0 Å². The zero-order valence-corrected chi connectivity index (χ0v) is 10.7. The van der Waals surface area contributed by atoms with Gasteiger partial charge in [-0.1, -0.05) is 36.8 Å². The predicted octanol–water partition coefficient (Wildman–Crippen LogP) is 2.66. The Morgan fingerprint density at radius 2 is 1.94 bits per heavy atom. The van der Waals surface area contributed by atoms with E-state index >= 15 is 0 Å². The molecule has 0 heterocycles. The SMILES string of the molecule is Cc1cccc(C(C)NC(C)C(C)CO)c1. The van der Waals surface area contributed by atoms with E-state index < -0.39 is 0 Å². The van der Waals surface area contributed by atoms with Crippen molar-refractivity contribution in [2.24, 2.45) is 5.92 Å². The molecule has 0 fully saturated rings. The number of nitrogens with one attached hydrogen (secondary N) is 1. The molecule has 3 unspecified atom stereocenters. The highest BCUT2D eigenvalue weighted by molar-refractivity contribution is 5.24. The first kappa shape index (κ1) is 13.2. The van der Waals surface area contributed by atoms with E-state index in [1.807, 2.05) is 0 Å². The van der Waals surface area contributed by atoms with Crippen molar-refractivity contribution < 1.29 is 5.11 Å². The highest BCUT2D eigenvalue weighted by Gasteiger charge is 2.14. The Bertz CT molecular complexity index is 324. The minimum atomic E-state index is 0.231. The molecule has 2 N–H and O–H groups in total. The van der Waals surface area contributed by atoms with Crippen molar-refractivity contribution in [2.75, 3.05) is 6.61 Å². The fourth-order valence-corrected chi connectivity index (χ4v) is 1.75. The van der Waals surface area contributed by atoms with Gasteiger partial charge in [0.1, 0.15) is 0 Å². The van der Waals surface area contributed by atoms with Crippen LogP contribution in [0, 0.1) is 12.8 Å². The van der Waals surface area contributed by atoms with Gasteiger partial charge < -0.3 is 10.4 Å². The minimum Gasteiger partial charge on any atom is -0.396 e. The molecule has 0 aliphatic rings. The van der Waals surface area contributed by atoms with E-state index in [4.69, 9.17) is 5.11 Å². The number of benzene rings is 1. The number of aliphatic hydroxyl groups excluding tert-OH is 1. The van der Waals surface area contributed by atoms with E-state index in [-0.39, 0.29) is 12.5 Å². The van der Waals surface area contributed by atoms with Gasteiger partial charge in [-0.3, -0.25) is 0 Å². The summed E-state index contributed by atoms with van der Waals surface area (Å²) >= 11 is 0. The Hall–Kier alpha value is -0.860. The third kappa shape index (κ3) is 3.62. The standard InChI is InChI=1S/C14H23NO/c1-10-6-5-7-14(8-10)13(4)15-12(3)11(2)9-16/h5-8,11-13,15-16H,9H2,1-4H3. The molecule has 2 heteroatoms. The Labute approximate surface area is 98.7 Å². The first-order chi connectivity index (χ1) is 7.54. The van der Waals surface area contributed by atoms with Crippen molar-refractivity contribution in [1.82, 2.24) is 5.32 Å². The molecule has 0 aliphatic carbocycles. The molecule has 1 aromatic carbocycles. The average Bonchev–Trinajstić information content (AvgIpc) is 2.27. The number of rotatable bonds is 5. The number of aliphatic hydroxyl groups is 1. The molecule has 90 valence electrons. The minimum absolute atomic E-state index is 0.231. The molecule has 0 aliphatic heterocycles. The first-order valence-corrected chi connectivity index (χ1v) is 5.98. The van der Waals surface area contributed by atoms with Crippen LogP contribution < -0.4 is 5.32 Å². The summed E-state index contributed by atoms with van der Waals surface area (Å²) in [4.78, 5) is 0. The molecule has 1 aromatic rings. The lowest BCUT2D eigenvalue weighted by molar-refractivity contribution is 0.202. The van der Waals surface area contributed by atoms with Crippen LogP contribution in [0.1, 0.15) is 37.9 Å². The fourth-order valence-electron chi connectivity index (χ4n) is 1.75. The fraction of sp³-hybridized carbons (Fsp3) is 0.571. The Balaban J connectivity index is 2.61. The number of hydrogen-bond acceptors (Lipinski definition) is 2. The molecular weight excluding hydrogens is 198 g/mol. The Kier molecular flexibility index (Phi) is 4.97. The molecule has 0 bridgehead atoms. The quantitative estimate of drug-likeness (QED) is 0.801. The van der Waals surface area contributed by atoms with Crippen molar-refractivity contribution in [3.05, 3.63) is 35.4 Å².